The Morgan fingerprint density at radius 2 is 2.18 bits per heavy atom. The molecule has 0 amide bonds. The van der Waals surface area contributed by atoms with Gasteiger partial charge in [0.2, 0.25) is 0 Å². The number of para-hydroxylation sites is 1. The molecule has 0 N–H and O–H groups in total. The molecule has 0 unspecified atom stereocenters. The van der Waals surface area contributed by atoms with E-state index in [4.69, 9.17) is 4.74 Å². The van der Waals surface area contributed by atoms with Gasteiger partial charge in [-0.2, -0.15) is 0 Å². The summed E-state index contributed by atoms with van der Waals surface area (Å²) in [4.78, 5) is 4.63. The molecule has 0 bridgehead atoms. The van der Waals surface area contributed by atoms with Crippen LogP contribution in [0.1, 0.15) is 5.69 Å². The minimum absolute atomic E-state index is 0.617. The van der Waals surface area contributed by atoms with Crippen LogP contribution in [0.3, 0.4) is 0 Å². The SMILES string of the molecule is C1=Cn2cc3nc4ccccc4c-3cc2CO1. The van der Waals surface area contributed by atoms with Gasteiger partial charge in [0.1, 0.15) is 12.9 Å². The van der Waals surface area contributed by atoms with E-state index in [0.717, 1.165) is 16.9 Å². The molecule has 3 heteroatoms. The molecule has 4 rings (SSSR count). The van der Waals surface area contributed by atoms with Crippen LogP contribution in [0, 0.1) is 0 Å². The Kier molecular flexibility index (Phi) is 1.61. The third-order valence-electron chi connectivity index (χ3n) is 3.16. The van der Waals surface area contributed by atoms with E-state index in [1.165, 1.54) is 10.9 Å². The third-order valence-corrected chi connectivity index (χ3v) is 3.16. The van der Waals surface area contributed by atoms with Crippen molar-refractivity contribution in [3.8, 4) is 11.3 Å². The van der Waals surface area contributed by atoms with Gasteiger partial charge >= 0.3 is 0 Å². The second-order valence-electron chi connectivity index (χ2n) is 4.20. The first-order chi connectivity index (χ1) is 8.42. The summed E-state index contributed by atoms with van der Waals surface area (Å²) < 4.78 is 7.38. The Bertz CT molecular complexity index is 712. The Morgan fingerprint density at radius 3 is 3.18 bits per heavy atom. The molecule has 0 spiro atoms. The molecular formula is C14H10N2O. The van der Waals surface area contributed by atoms with Gasteiger partial charge in [-0.3, -0.25) is 0 Å². The van der Waals surface area contributed by atoms with E-state index in [0.29, 0.717) is 6.61 Å². The predicted molar refractivity (Wildman–Crippen MR) is 66.5 cm³/mol. The fraction of sp³-hybridized carbons (Fsp3) is 0.0714. The van der Waals surface area contributed by atoms with Crippen molar-refractivity contribution in [2.24, 2.45) is 0 Å². The molecule has 0 aliphatic carbocycles. The lowest BCUT2D eigenvalue weighted by molar-refractivity contribution is 0.224. The zero-order valence-corrected chi connectivity index (χ0v) is 9.13. The van der Waals surface area contributed by atoms with Crippen molar-refractivity contribution in [2.45, 2.75) is 6.61 Å². The predicted octanol–water partition coefficient (Wildman–Crippen LogP) is 3.10. The summed E-state index contributed by atoms with van der Waals surface area (Å²) in [6.07, 6.45) is 5.68. The van der Waals surface area contributed by atoms with E-state index in [-0.39, 0.29) is 0 Å². The molecule has 3 aliphatic heterocycles. The number of nitrogens with zero attached hydrogens (tertiary/aromatic N) is 2. The third kappa shape index (κ3) is 1.19. The maximum Gasteiger partial charge on any atom is 0.128 e. The first-order valence-electron chi connectivity index (χ1n) is 5.59. The van der Waals surface area contributed by atoms with E-state index in [2.05, 4.69) is 27.9 Å². The van der Waals surface area contributed by atoms with E-state index < -0.39 is 0 Å². The molecule has 0 aromatic heterocycles. The van der Waals surface area contributed by atoms with Gasteiger partial charge < -0.3 is 9.30 Å². The zero-order chi connectivity index (χ0) is 11.2. The van der Waals surface area contributed by atoms with Crippen LogP contribution in [-0.2, 0) is 11.3 Å². The number of hydrogen-bond acceptors (Lipinski definition) is 2. The first-order valence-corrected chi connectivity index (χ1v) is 5.59. The Morgan fingerprint density at radius 1 is 1.24 bits per heavy atom. The van der Waals surface area contributed by atoms with Gasteiger partial charge in [0, 0.05) is 23.3 Å². The van der Waals surface area contributed by atoms with Crippen molar-refractivity contribution in [1.82, 2.24) is 9.55 Å². The highest BCUT2D eigenvalue weighted by molar-refractivity contribution is 5.97. The number of hydrogen-bond donors (Lipinski definition) is 0. The highest BCUT2D eigenvalue weighted by Gasteiger charge is 2.15. The molecule has 82 valence electrons. The standard InChI is InChI=1S/C14H10N2O/c1-2-4-13-11(3-1)12-7-10-9-17-6-5-16(10)8-14(12)15-13/h1-8H,9H2. The van der Waals surface area contributed by atoms with Crippen LogP contribution in [0.5, 0.6) is 0 Å². The molecular weight excluding hydrogens is 212 g/mol. The maximum absolute atomic E-state index is 5.31. The number of ether oxygens (including phenoxy) is 1. The topological polar surface area (TPSA) is 27.1 Å². The van der Waals surface area contributed by atoms with Crippen molar-refractivity contribution in [3.63, 3.8) is 0 Å². The summed E-state index contributed by atoms with van der Waals surface area (Å²) in [5.41, 5.74) is 4.43. The minimum Gasteiger partial charge on any atom is -0.493 e. The summed E-state index contributed by atoms with van der Waals surface area (Å²) >= 11 is 0. The van der Waals surface area contributed by atoms with Crippen molar-refractivity contribution in [3.05, 3.63) is 48.5 Å². The molecule has 0 saturated carbocycles. The number of fused-ring (bicyclic) bond motifs is 4. The van der Waals surface area contributed by atoms with Crippen LogP contribution in [0.15, 0.2) is 42.8 Å². The number of aromatic nitrogens is 2. The summed E-state index contributed by atoms with van der Waals surface area (Å²) in [6, 6.07) is 10.4. The normalized spacial score (nSPS) is 13.9. The van der Waals surface area contributed by atoms with Crippen LogP contribution < -0.4 is 0 Å². The lowest BCUT2D eigenvalue weighted by Crippen LogP contribution is -2.06. The van der Waals surface area contributed by atoms with Crippen molar-refractivity contribution in [2.75, 3.05) is 0 Å². The molecule has 17 heavy (non-hydrogen) atoms. The highest BCUT2D eigenvalue weighted by Crippen LogP contribution is 2.32. The van der Waals surface area contributed by atoms with Crippen molar-refractivity contribution >= 4 is 17.1 Å². The van der Waals surface area contributed by atoms with Crippen LogP contribution in [0.4, 0.5) is 0 Å². The molecule has 0 radical (unpaired) electrons. The molecule has 1 aromatic carbocycles. The fourth-order valence-corrected chi connectivity index (χ4v) is 2.33. The van der Waals surface area contributed by atoms with Gasteiger partial charge in [0.15, 0.2) is 0 Å². The summed E-state index contributed by atoms with van der Waals surface area (Å²) in [5.74, 6) is 0. The Hall–Kier alpha value is -2.29. The monoisotopic (exact) mass is 222 g/mol. The molecule has 0 fully saturated rings. The lowest BCUT2D eigenvalue weighted by atomic mass is 10.1. The van der Waals surface area contributed by atoms with Crippen LogP contribution in [0.2, 0.25) is 0 Å². The Balaban J connectivity index is 2.13. The highest BCUT2D eigenvalue weighted by atomic mass is 16.5. The summed E-state index contributed by atoms with van der Waals surface area (Å²) in [7, 11) is 0. The quantitative estimate of drug-likeness (QED) is 0.584. The zero-order valence-electron chi connectivity index (χ0n) is 9.13. The van der Waals surface area contributed by atoms with Gasteiger partial charge in [-0.15, -0.1) is 0 Å². The molecule has 0 saturated heterocycles. The van der Waals surface area contributed by atoms with Crippen LogP contribution in [-0.4, -0.2) is 9.55 Å². The van der Waals surface area contributed by atoms with Crippen LogP contribution in [0.25, 0.3) is 28.4 Å². The van der Waals surface area contributed by atoms with Gasteiger partial charge in [0.25, 0.3) is 0 Å². The number of benzene rings is 1. The van der Waals surface area contributed by atoms with Gasteiger partial charge in [-0.1, -0.05) is 18.2 Å². The number of pyridine rings is 1. The molecule has 3 nitrogen and oxygen atoms in total. The summed E-state index contributed by atoms with van der Waals surface area (Å²) in [5, 5.41) is 1.21. The molecule has 1 aromatic rings. The van der Waals surface area contributed by atoms with Crippen molar-refractivity contribution < 1.29 is 4.74 Å². The Labute approximate surface area is 98.3 Å². The van der Waals surface area contributed by atoms with Crippen molar-refractivity contribution in [1.29, 1.82) is 0 Å². The van der Waals surface area contributed by atoms with E-state index >= 15 is 0 Å². The fourth-order valence-electron chi connectivity index (χ4n) is 2.33. The second-order valence-corrected chi connectivity index (χ2v) is 4.20. The smallest absolute Gasteiger partial charge is 0.128 e. The average molecular weight is 222 g/mol. The molecule has 3 aliphatic rings. The largest absolute Gasteiger partial charge is 0.493 e. The minimum atomic E-state index is 0.617. The van der Waals surface area contributed by atoms with E-state index in [9.17, 15) is 0 Å². The summed E-state index contributed by atoms with van der Waals surface area (Å²) in [6.45, 7) is 0.617. The lowest BCUT2D eigenvalue weighted by Gasteiger charge is -2.15. The van der Waals surface area contributed by atoms with E-state index in [1.54, 1.807) is 6.26 Å². The molecule has 3 heterocycles. The maximum atomic E-state index is 5.31. The van der Waals surface area contributed by atoms with Crippen LogP contribution >= 0.6 is 0 Å². The van der Waals surface area contributed by atoms with Gasteiger partial charge in [0.05, 0.1) is 16.9 Å². The first kappa shape index (κ1) is 8.82. The van der Waals surface area contributed by atoms with E-state index in [1.807, 2.05) is 24.4 Å². The molecule has 0 atom stereocenters. The average Bonchev–Trinajstić information content (AvgIpc) is 2.73. The second kappa shape index (κ2) is 3.10. The number of rotatable bonds is 0. The van der Waals surface area contributed by atoms with Gasteiger partial charge in [-0.25, -0.2) is 4.98 Å². The van der Waals surface area contributed by atoms with Gasteiger partial charge in [-0.05, 0) is 12.1 Å².